The standard InChI is InChI=1S/C22H26N4O4.2ClH/c1-25-11-12-26(20(27)14-25)18-9-3-15(4-10-18)13-19(23)21(28)24-17-7-5-16(6-8-17)22(29)30-2;;/h3-10,19H,11-14,23H2,1-2H3,(H,24,28);2*1H/t19-;;/m0../s1. The van der Waals surface area contributed by atoms with E-state index in [0.29, 0.717) is 30.8 Å². The first-order chi connectivity index (χ1) is 14.4. The van der Waals surface area contributed by atoms with Crippen molar-refractivity contribution in [1.29, 1.82) is 0 Å². The number of carbonyl (C=O) groups is 3. The van der Waals surface area contributed by atoms with Gasteiger partial charge >= 0.3 is 5.97 Å². The summed E-state index contributed by atoms with van der Waals surface area (Å²) in [6.07, 6.45) is 0.364. The van der Waals surface area contributed by atoms with Crippen molar-refractivity contribution in [3.8, 4) is 0 Å². The lowest BCUT2D eigenvalue weighted by Gasteiger charge is -2.32. The Kier molecular flexibility index (Phi) is 10.6. The van der Waals surface area contributed by atoms with E-state index in [2.05, 4.69) is 10.1 Å². The number of benzene rings is 2. The molecule has 0 spiro atoms. The highest BCUT2D eigenvalue weighted by Gasteiger charge is 2.23. The summed E-state index contributed by atoms with van der Waals surface area (Å²) in [6, 6.07) is 13.2. The minimum absolute atomic E-state index is 0. The van der Waals surface area contributed by atoms with E-state index >= 15 is 0 Å². The number of methoxy groups -OCH3 is 1. The minimum atomic E-state index is -0.735. The van der Waals surface area contributed by atoms with Crippen molar-refractivity contribution in [2.75, 3.05) is 44.0 Å². The maximum atomic E-state index is 12.4. The molecule has 3 rings (SSSR count). The van der Waals surface area contributed by atoms with Gasteiger partial charge < -0.3 is 20.7 Å². The molecule has 1 atom stereocenters. The van der Waals surface area contributed by atoms with E-state index in [9.17, 15) is 14.4 Å². The van der Waals surface area contributed by atoms with Crippen LogP contribution in [0.15, 0.2) is 48.5 Å². The zero-order valence-corrected chi connectivity index (χ0v) is 19.6. The highest BCUT2D eigenvalue weighted by Crippen LogP contribution is 2.19. The lowest BCUT2D eigenvalue weighted by Crippen LogP contribution is -2.48. The normalized spacial score (nSPS) is 14.6. The maximum Gasteiger partial charge on any atom is 0.337 e. The molecule has 2 aromatic rings. The van der Waals surface area contributed by atoms with Gasteiger partial charge in [-0.1, -0.05) is 12.1 Å². The number of nitrogens with two attached hydrogens (primary N) is 1. The molecule has 1 fully saturated rings. The van der Waals surface area contributed by atoms with Crippen LogP contribution in [-0.2, 0) is 20.7 Å². The molecule has 32 heavy (non-hydrogen) atoms. The lowest BCUT2D eigenvalue weighted by molar-refractivity contribution is -0.121. The number of piperazine rings is 1. The zero-order valence-electron chi connectivity index (χ0n) is 17.9. The van der Waals surface area contributed by atoms with Gasteiger partial charge in [0.25, 0.3) is 0 Å². The Bertz CT molecular complexity index is 923. The third kappa shape index (κ3) is 6.93. The zero-order chi connectivity index (χ0) is 21.7. The summed E-state index contributed by atoms with van der Waals surface area (Å²) in [5.74, 6) is -0.684. The number of hydrogen-bond acceptors (Lipinski definition) is 6. The van der Waals surface area contributed by atoms with E-state index in [0.717, 1.165) is 17.8 Å². The predicted octanol–water partition coefficient (Wildman–Crippen LogP) is 2.10. The minimum Gasteiger partial charge on any atom is -0.465 e. The van der Waals surface area contributed by atoms with Gasteiger partial charge in [-0.2, -0.15) is 0 Å². The summed E-state index contributed by atoms with van der Waals surface area (Å²) >= 11 is 0. The van der Waals surface area contributed by atoms with Crippen molar-refractivity contribution in [2.45, 2.75) is 12.5 Å². The van der Waals surface area contributed by atoms with Crippen LogP contribution in [0, 0.1) is 0 Å². The van der Waals surface area contributed by atoms with Gasteiger partial charge in [0.15, 0.2) is 0 Å². The molecule has 174 valence electrons. The van der Waals surface area contributed by atoms with Crippen molar-refractivity contribution in [3.63, 3.8) is 0 Å². The van der Waals surface area contributed by atoms with Gasteiger partial charge in [-0.05, 0) is 55.4 Å². The monoisotopic (exact) mass is 482 g/mol. The first kappa shape index (κ1) is 27.4. The molecular weight excluding hydrogens is 455 g/mol. The number of likely N-dealkylation sites (N-methyl/N-ethyl adjacent to an activating group) is 1. The molecule has 0 radical (unpaired) electrons. The molecule has 0 bridgehead atoms. The van der Waals surface area contributed by atoms with Crippen LogP contribution in [0.4, 0.5) is 11.4 Å². The molecule has 3 N–H and O–H groups in total. The lowest BCUT2D eigenvalue weighted by atomic mass is 10.0. The first-order valence-corrected chi connectivity index (χ1v) is 9.70. The molecule has 2 aromatic carbocycles. The van der Waals surface area contributed by atoms with Gasteiger partial charge in [-0.25, -0.2) is 4.79 Å². The van der Waals surface area contributed by atoms with E-state index in [4.69, 9.17) is 5.73 Å². The largest absolute Gasteiger partial charge is 0.465 e. The maximum absolute atomic E-state index is 12.4. The van der Waals surface area contributed by atoms with Gasteiger partial charge in [0.2, 0.25) is 11.8 Å². The van der Waals surface area contributed by atoms with Crippen molar-refractivity contribution in [1.82, 2.24) is 4.90 Å². The average molecular weight is 483 g/mol. The molecule has 1 aliphatic heterocycles. The number of amides is 2. The van der Waals surface area contributed by atoms with Gasteiger partial charge in [0, 0.05) is 24.5 Å². The number of esters is 1. The van der Waals surface area contributed by atoms with Crippen LogP contribution in [0.5, 0.6) is 0 Å². The average Bonchev–Trinajstić information content (AvgIpc) is 2.74. The number of halogens is 2. The molecule has 0 aliphatic carbocycles. The third-order valence-electron chi connectivity index (χ3n) is 5.03. The van der Waals surface area contributed by atoms with Gasteiger partial charge in [0.1, 0.15) is 0 Å². The van der Waals surface area contributed by atoms with Crippen molar-refractivity contribution < 1.29 is 19.1 Å². The fourth-order valence-corrected chi connectivity index (χ4v) is 3.26. The molecule has 10 heteroatoms. The summed E-state index contributed by atoms with van der Waals surface area (Å²) in [5.41, 5.74) is 8.76. The van der Waals surface area contributed by atoms with Gasteiger partial charge in [-0.3, -0.25) is 14.5 Å². The molecule has 2 amide bonds. The summed E-state index contributed by atoms with van der Waals surface area (Å²) in [5, 5.41) is 2.75. The van der Waals surface area contributed by atoms with Crippen LogP contribution in [0.25, 0.3) is 0 Å². The van der Waals surface area contributed by atoms with Crippen LogP contribution < -0.4 is 16.0 Å². The number of nitrogens with one attached hydrogen (secondary N) is 1. The van der Waals surface area contributed by atoms with Crippen molar-refractivity contribution in [2.24, 2.45) is 5.73 Å². The van der Waals surface area contributed by atoms with E-state index in [1.54, 1.807) is 29.2 Å². The summed E-state index contributed by atoms with van der Waals surface area (Å²) in [4.78, 5) is 39.8. The molecule has 0 unspecified atom stereocenters. The smallest absolute Gasteiger partial charge is 0.337 e. The molecular formula is C22H28Cl2N4O4. The topological polar surface area (TPSA) is 105 Å². The van der Waals surface area contributed by atoms with E-state index in [1.807, 2.05) is 36.2 Å². The molecule has 1 heterocycles. The molecule has 0 aromatic heterocycles. The SMILES string of the molecule is COC(=O)c1ccc(NC(=O)[C@@H](N)Cc2ccc(N3CCN(C)CC3=O)cc2)cc1.Cl.Cl. The second-order valence-electron chi connectivity index (χ2n) is 7.32. The first-order valence-electron chi connectivity index (χ1n) is 9.70. The highest BCUT2D eigenvalue weighted by atomic mass is 35.5. The second kappa shape index (κ2) is 12.4. The third-order valence-corrected chi connectivity index (χ3v) is 5.03. The molecule has 8 nitrogen and oxygen atoms in total. The summed E-state index contributed by atoms with van der Waals surface area (Å²) in [7, 11) is 3.24. The molecule has 1 saturated heterocycles. The van der Waals surface area contributed by atoms with Crippen LogP contribution in [0.1, 0.15) is 15.9 Å². The fourth-order valence-electron chi connectivity index (χ4n) is 3.26. The van der Waals surface area contributed by atoms with E-state index in [-0.39, 0.29) is 36.6 Å². The summed E-state index contributed by atoms with van der Waals surface area (Å²) < 4.78 is 4.65. The van der Waals surface area contributed by atoms with Gasteiger partial charge in [-0.15, -0.1) is 24.8 Å². The number of anilines is 2. The number of hydrogen-bond donors (Lipinski definition) is 2. The van der Waals surface area contributed by atoms with Crippen LogP contribution in [-0.4, -0.2) is 62.5 Å². The van der Waals surface area contributed by atoms with Crippen LogP contribution >= 0.6 is 24.8 Å². The van der Waals surface area contributed by atoms with Crippen LogP contribution in [0.2, 0.25) is 0 Å². The number of nitrogens with zero attached hydrogens (tertiary/aromatic N) is 2. The Morgan fingerprint density at radius 2 is 1.69 bits per heavy atom. The number of rotatable bonds is 6. The Labute approximate surface area is 199 Å². The number of ether oxygens (including phenoxy) is 1. The van der Waals surface area contributed by atoms with Crippen molar-refractivity contribution >= 4 is 54.0 Å². The molecule has 1 aliphatic rings. The Morgan fingerprint density at radius 1 is 1.06 bits per heavy atom. The number of carbonyl (C=O) groups excluding carboxylic acids is 3. The Balaban J connectivity index is 0.00000256. The summed E-state index contributed by atoms with van der Waals surface area (Å²) in [6.45, 7) is 1.90. The van der Waals surface area contributed by atoms with E-state index in [1.165, 1.54) is 7.11 Å². The van der Waals surface area contributed by atoms with Crippen molar-refractivity contribution in [3.05, 3.63) is 59.7 Å². The molecule has 0 saturated carbocycles. The predicted molar refractivity (Wildman–Crippen MR) is 129 cm³/mol. The second-order valence-corrected chi connectivity index (χ2v) is 7.32. The Morgan fingerprint density at radius 3 is 2.25 bits per heavy atom. The van der Waals surface area contributed by atoms with E-state index < -0.39 is 12.0 Å². The Hall–Kier alpha value is -2.65. The fraction of sp³-hybridized carbons (Fsp3) is 0.318. The highest BCUT2D eigenvalue weighted by molar-refractivity contribution is 5.96. The van der Waals surface area contributed by atoms with Crippen LogP contribution in [0.3, 0.4) is 0 Å². The van der Waals surface area contributed by atoms with Gasteiger partial charge in [0.05, 0.1) is 25.3 Å². The quantitative estimate of drug-likeness (QED) is 0.610.